The first-order valence-corrected chi connectivity index (χ1v) is 15.1. The predicted molar refractivity (Wildman–Crippen MR) is 156 cm³/mol. The summed E-state index contributed by atoms with van der Waals surface area (Å²) < 4.78 is 11.3. The maximum atomic E-state index is 12.1. The van der Waals surface area contributed by atoms with Crippen molar-refractivity contribution in [3.05, 3.63) is 65.2 Å². The van der Waals surface area contributed by atoms with Crippen molar-refractivity contribution >= 4 is 11.7 Å². The molecule has 5 nitrogen and oxygen atoms in total. The number of nitrogens with one attached hydrogen (secondary N) is 1. The van der Waals surface area contributed by atoms with E-state index in [4.69, 9.17) is 9.47 Å². The molecule has 0 aliphatic carbocycles. The Kier molecular flexibility index (Phi) is 14.3. The monoisotopic (exact) mass is 523 g/mol. The van der Waals surface area contributed by atoms with Gasteiger partial charge in [0.05, 0.1) is 18.3 Å². The lowest BCUT2D eigenvalue weighted by Gasteiger charge is -2.25. The van der Waals surface area contributed by atoms with Crippen LogP contribution in [0.5, 0.6) is 0 Å². The van der Waals surface area contributed by atoms with E-state index in [2.05, 4.69) is 12.2 Å². The van der Waals surface area contributed by atoms with E-state index in [9.17, 15) is 9.90 Å². The molecule has 2 aromatic carbocycles. The lowest BCUT2D eigenvalue weighted by atomic mass is 9.84. The molecule has 1 heterocycles. The first-order chi connectivity index (χ1) is 18.7. The van der Waals surface area contributed by atoms with Gasteiger partial charge in [0.25, 0.3) is 0 Å². The number of rotatable bonds is 20. The highest BCUT2D eigenvalue weighted by Crippen LogP contribution is 2.35. The van der Waals surface area contributed by atoms with Crippen LogP contribution in [0, 0.1) is 0 Å². The Hall–Kier alpha value is -2.37. The SMILES string of the molecule is CCCCCCCCCCCCCCCCNc1ccc(C(=O)O)c(C(c2ccccc2)C2COCO2)c1. The maximum Gasteiger partial charge on any atom is 0.335 e. The van der Waals surface area contributed by atoms with Gasteiger partial charge in [-0.1, -0.05) is 121 Å². The van der Waals surface area contributed by atoms with Gasteiger partial charge >= 0.3 is 5.97 Å². The van der Waals surface area contributed by atoms with Gasteiger partial charge in [-0.05, 0) is 35.7 Å². The largest absolute Gasteiger partial charge is 0.478 e. The fourth-order valence-electron chi connectivity index (χ4n) is 5.47. The lowest BCUT2D eigenvalue weighted by molar-refractivity contribution is 0.0424. The highest BCUT2D eigenvalue weighted by atomic mass is 16.7. The average molecular weight is 524 g/mol. The number of carboxylic acids is 1. The van der Waals surface area contributed by atoms with Gasteiger partial charge in [0, 0.05) is 18.2 Å². The summed E-state index contributed by atoms with van der Waals surface area (Å²) in [6, 6.07) is 15.6. The zero-order chi connectivity index (χ0) is 26.8. The number of benzene rings is 2. The molecule has 1 saturated heterocycles. The third-order valence-corrected chi connectivity index (χ3v) is 7.65. The molecule has 5 heteroatoms. The van der Waals surface area contributed by atoms with E-state index in [0.29, 0.717) is 12.2 Å². The van der Waals surface area contributed by atoms with Gasteiger partial charge in [0.2, 0.25) is 0 Å². The average Bonchev–Trinajstić information content (AvgIpc) is 3.46. The number of carboxylic acid groups (broad SMARTS) is 1. The molecule has 38 heavy (non-hydrogen) atoms. The van der Waals surface area contributed by atoms with E-state index in [1.807, 2.05) is 42.5 Å². The van der Waals surface area contributed by atoms with Gasteiger partial charge in [-0.15, -0.1) is 0 Å². The molecule has 210 valence electrons. The molecule has 0 spiro atoms. The Morgan fingerprint density at radius 1 is 0.868 bits per heavy atom. The molecule has 0 bridgehead atoms. The summed E-state index contributed by atoms with van der Waals surface area (Å²) in [6.07, 6.45) is 18.7. The van der Waals surface area contributed by atoms with Crippen molar-refractivity contribution in [3.8, 4) is 0 Å². The van der Waals surface area contributed by atoms with Gasteiger partial charge in [0.1, 0.15) is 6.79 Å². The number of unbranched alkanes of at least 4 members (excludes halogenated alkanes) is 13. The van der Waals surface area contributed by atoms with Gasteiger partial charge in [-0.3, -0.25) is 0 Å². The molecule has 1 fully saturated rings. The molecule has 0 saturated carbocycles. The number of carbonyl (C=O) groups is 1. The van der Waals surface area contributed by atoms with Crippen LogP contribution < -0.4 is 5.32 Å². The smallest absolute Gasteiger partial charge is 0.335 e. The van der Waals surface area contributed by atoms with Crippen molar-refractivity contribution in [3.63, 3.8) is 0 Å². The second kappa shape index (κ2) is 18.0. The first-order valence-electron chi connectivity index (χ1n) is 15.1. The molecule has 3 rings (SSSR count). The Morgan fingerprint density at radius 3 is 2.03 bits per heavy atom. The molecule has 2 aromatic rings. The normalized spacial score (nSPS) is 16.0. The summed E-state index contributed by atoms with van der Waals surface area (Å²) in [5.41, 5.74) is 3.08. The summed E-state index contributed by atoms with van der Waals surface area (Å²) in [4.78, 5) is 12.1. The fraction of sp³-hybridized carbons (Fsp3) is 0.606. The van der Waals surface area contributed by atoms with E-state index >= 15 is 0 Å². The van der Waals surface area contributed by atoms with Crippen LogP contribution in [0.1, 0.15) is 124 Å². The third-order valence-electron chi connectivity index (χ3n) is 7.65. The molecule has 2 N–H and O–H groups in total. The third kappa shape index (κ3) is 10.4. The van der Waals surface area contributed by atoms with E-state index < -0.39 is 5.97 Å². The van der Waals surface area contributed by atoms with Gasteiger partial charge in [0.15, 0.2) is 0 Å². The van der Waals surface area contributed by atoms with Crippen LogP contribution in [0.4, 0.5) is 5.69 Å². The second-order valence-electron chi connectivity index (χ2n) is 10.7. The molecule has 1 aliphatic rings. The van der Waals surface area contributed by atoms with Crippen LogP contribution in [-0.2, 0) is 9.47 Å². The summed E-state index contributed by atoms with van der Waals surface area (Å²) in [6.45, 7) is 3.87. The van der Waals surface area contributed by atoms with E-state index in [1.54, 1.807) is 6.07 Å². The molecule has 2 unspecified atom stereocenters. The molecule has 0 radical (unpaired) electrons. The molecular formula is C33H49NO4. The van der Waals surface area contributed by atoms with Gasteiger partial charge in [-0.25, -0.2) is 4.79 Å². The molecule has 1 aliphatic heterocycles. The zero-order valence-electron chi connectivity index (χ0n) is 23.5. The molecule has 0 aromatic heterocycles. The summed E-state index contributed by atoms with van der Waals surface area (Å²) >= 11 is 0. The van der Waals surface area contributed by atoms with E-state index in [-0.39, 0.29) is 18.8 Å². The Labute approximate surface area is 230 Å². The van der Waals surface area contributed by atoms with Crippen molar-refractivity contribution in [2.24, 2.45) is 0 Å². The number of anilines is 1. The molecular weight excluding hydrogens is 474 g/mol. The van der Waals surface area contributed by atoms with Crippen LogP contribution in [0.2, 0.25) is 0 Å². The summed E-state index contributed by atoms with van der Waals surface area (Å²) in [7, 11) is 0. The van der Waals surface area contributed by atoms with Crippen molar-refractivity contribution in [2.45, 2.75) is 109 Å². The Bertz CT molecular complexity index is 910. The minimum absolute atomic E-state index is 0.201. The summed E-state index contributed by atoms with van der Waals surface area (Å²) in [5.74, 6) is -1.12. The minimum Gasteiger partial charge on any atom is -0.478 e. The van der Waals surface area contributed by atoms with Gasteiger partial charge in [-0.2, -0.15) is 0 Å². The second-order valence-corrected chi connectivity index (χ2v) is 10.7. The van der Waals surface area contributed by atoms with Gasteiger partial charge < -0.3 is 19.9 Å². The van der Waals surface area contributed by atoms with Crippen LogP contribution in [0.25, 0.3) is 0 Å². The minimum atomic E-state index is -0.918. The number of hydrogen-bond donors (Lipinski definition) is 2. The van der Waals surface area contributed by atoms with E-state index in [0.717, 1.165) is 29.8 Å². The van der Waals surface area contributed by atoms with Crippen molar-refractivity contribution in [1.82, 2.24) is 0 Å². The van der Waals surface area contributed by atoms with Crippen LogP contribution in [-0.4, -0.2) is 37.1 Å². The quantitative estimate of drug-likeness (QED) is 0.170. The van der Waals surface area contributed by atoms with Crippen molar-refractivity contribution in [2.75, 3.05) is 25.3 Å². The number of hydrogen-bond acceptors (Lipinski definition) is 4. The van der Waals surface area contributed by atoms with Crippen molar-refractivity contribution < 1.29 is 19.4 Å². The lowest BCUT2D eigenvalue weighted by Crippen LogP contribution is -2.24. The standard InChI is InChI=1S/C33H49NO4/c1-2-3-4-5-6-7-8-9-10-11-12-13-14-18-23-34-28-21-22-29(33(35)36)30(24-28)32(31-25-37-26-38-31)27-19-16-15-17-20-27/h15-17,19-22,24,31-32,34H,2-14,18,23,25-26H2,1H3,(H,35,36). The topological polar surface area (TPSA) is 67.8 Å². The molecule has 2 atom stereocenters. The fourth-order valence-corrected chi connectivity index (χ4v) is 5.47. The highest BCUT2D eigenvalue weighted by Gasteiger charge is 2.32. The first kappa shape index (κ1) is 30.2. The Balaban J connectivity index is 1.40. The predicted octanol–water partition coefficient (Wildman–Crippen LogP) is 8.78. The zero-order valence-corrected chi connectivity index (χ0v) is 23.5. The summed E-state index contributed by atoms with van der Waals surface area (Å²) in [5, 5.41) is 13.4. The highest BCUT2D eigenvalue weighted by molar-refractivity contribution is 5.90. The molecule has 0 amide bonds. The van der Waals surface area contributed by atoms with Crippen molar-refractivity contribution in [1.29, 1.82) is 0 Å². The van der Waals surface area contributed by atoms with Crippen LogP contribution in [0.3, 0.4) is 0 Å². The number of ether oxygens (including phenoxy) is 2. The van der Waals surface area contributed by atoms with Crippen LogP contribution >= 0.6 is 0 Å². The number of aromatic carboxylic acids is 1. The maximum absolute atomic E-state index is 12.1. The van der Waals surface area contributed by atoms with Crippen LogP contribution in [0.15, 0.2) is 48.5 Å². The Morgan fingerprint density at radius 2 is 1.47 bits per heavy atom. The van der Waals surface area contributed by atoms with E-state index in [1.165, 1.54) is 83.5 Å².